The van der Waals surface area contributed by atoms with Crippen LogP contribution in [0.4, 0.5) is 0 Å². The Bertz CT molecular complexity index is 814. The molecule has 2 aliphatic heterocycles. The van der Waals surface area contributed by atoms with Gasteiger partial charge in [-0.1, -0.05) is 18.2 Å². The zero-order valence-corrected chi connectivity index (χ0v) is 18.4. The van der Waals surface area contributed by atoms with Gasteiger partial charge in [-0.05, 0) is 31.2 Å². The van der Waals surface area contributed by atoms with Gasteiger partial charge in [0.1, 0.15) is 12.0 Å². The molecule has 2 aliphatic rings. The first-order chi connectivity index (χ1) is 14.8. The maximum Gasteiger partial charge on any atom is 0.226 e. The minimum Gasteiger partial charge on any atom is -0.444 e. The number of nitrogens with zero attached hydrogens (tertiary/aromatic N) is 3. The Morgan fingerprint density at radius 3 is 2.80 bits per heavy atom. The molecule has 0 amide bonds. The van der Waals surface area contributed by atoms with Crippen molar-refractivity contribution in [2.24, 2.45) is 4.99 Å². The zero-order valence-electron chi connectivity index (χ0n) is 17.6. The lowest BCUT2D eigenvalue weighted by atomic mass is 9.95. The van der Waals surface area contributed by atoms with Crippen LogP contribution in [0.1, 0.15) is 19.0 Å². The van der Waals surface area contributed by atoms with Crippen molar-refractivity contribution in [1.82, 2.24) is 20.5 Å². The highest BCUT2D eigenvalue weighted by Gasteiger charge is 2.40. The number of hydrogen-bond donors (Lipinski definition) is 2. The molecule has 0 aliphatic carbocycles. The molecule has 2 aromatic rings. The topological polar surface area (TPSA) is 74.9 Å². The molecule has 2 N–H and O–H groups in total. The van der Waals surface area contributed by atoms with Crippen LogP contribution >= 0.6 is 11.8 Å². The fourth-order valence-corrected chi connectivity index (χ4v) is 5.46. The summed E-state index contributed by atoms with van der Waals surface area (Å²) in [5, 5.41) is 6.96. The summed E-state index contributed by atoms with van der Waals surface area (Å²) in [6.07, 6.45) is 2.89. The van der Waals surface area contributed by atoms with Gasteiger partial charge in [0.05, 0.1) is 19.8 Å². The van der Waals surface area contributed by atoms with Crippen molar-refractivity contribution in [3.63, 3.8) is 0 Å². The average Bonchev–Trinajstić information content (AvgIpc) is 3.48. The number of rotatable bonds is 7. The first-order valence-electron chi connectivity index (χ1n) is 10.7. The van der Waals surface area contributed by atoms with E-state index < -0.39 is 0 Å². The van der Waals surface area contributed by atoms with Gasteiger partial charge in [-0.2, -0.15) is 11.8 Å². The lowest BCUT2D eigenvalue weighted by molar-refractivity contribution is -0.0120. The summed E-state index contributed by atoms with van der Waals surface area (Å²) in [4.78, 5) is 11.9. The lowest BCUT2D eigenvalue weighted by Crippen LogP contribution is -2.60. The van der Waals surface area contributed by atoms with Crippen molar-refractivity contribution in [1.29, 1.82) is 0 Å². The molecule has 162 valence electrons. The Morgan fingerprint density at radius 2 is 2.07 bits per heavy atom. The van der Waals surface area contributed by atoms with Crippen LogP contribution in [0.5, 0.6) is 0 Å². The molecule has 4 rings (SSSR count). The van der Waals surface area contributed by atoms with Gasteiger partial charge in [-0.3, -0.25) is 4.90 Å². The minimum absolute atomic E-state index is 0.180. The van der Waals surface area contributed by atoms with E-state index in [-0.39, 0.29) is 5.54 Å². The van der Waals surface area contributed by atoms with Crippen LogP contribution in [0, 0.1) is 0 Å². The van der Waals surface area contributed by atoms with Gasteiger partial charge in [0.25, 0.3) is 0 Å². The Morgan fingerprint density at radius 1 is 1.23 bits per heavy atom. The van der Waals surface area contributed by atoms with E-state index in [0.29, 0.717) is 12.4 Å². The van der Waals surface area contributed by atoms with E-state index in [1.54, 1.807) is 6.26 Å². The normalized spacial score (nSPS) is 22.9. The smallest absolute Gasteiger partial charge is 0.226 e. The molecular formula is C22H31N5O2S. The van der Waals surface area contributed by atoms with E-state index in [4.69, 9.17) is 14.1 Å². The minimum atomic E-state index is 0.180. The fourth-order valence-electron chi connectivity index (χ4n) is 3.98. The van der Waals surface area contributed by atoms with E-state index in [1.165, 1.54) is 12.2 Å². The third-order valence-electron chi connectivity index (χ3n) is 5.67. The number of guanidine groups is 1. The SMILES string of the molecule is CCNC(=NCc1coc(-c2ccccc2)n1)NCC1(N2CCOCC2)CCSC1. The number of aliphatic imine (C=N–C) groups is 1. The highest BCUT2D eigenvalue weighted by Crippen LogP contribution is 2.33. The molecule has 1 aromatic carbocycles. The van der Waals surface area contributed by atoms with Crippen LogP contribution in [0.2, 0.25) is 0 Å². The van der Waals surface area contributed by atoms with Gasteiger partial charge >= 0.3 is 0 Å². The molecule has 2 saturated heterocycles. The second kappa shape index (κ2) is 10.3. The van der Waals surface area contributed by atoms with Crippen LogP contribution in [-0.2, 0) is 11.3 Å². The summed E-state index contributed by atoms with van der Waals surface area (Å²) in [7, 11) is 0. The van der Waals surface area contributed by atoms with Crippen LogP contribution in [-0.4, -0.2) is 72.3 Å². The Kier molecular flexibility index (Phi) is 7.30. The Hall–Kier alpha value is -2.03. The van der Waals surface area contributed by atoms with Crippen LogP contribution in [0.15, 0.2) is 46.0 Å². The molecule has 0 saturated carbocycles. The van der Waals surface area contributed by atoms with Crippen LogP contribution < -0.4 is 10.6 Å². The quantitative estimate of drug-likeness (QED) is 0.518. The number of aromatic nitrogens is 1. The molecule has 2 fully saturated rings. The van der Waals surface area contributed by atoms with Crippen molar-refractivity contribution in [2.75, 3.05) is 50.9 Å². The number of ether oxygens (including phenoxy) is 1. The molecule has 7 nitrogen and oxygen atoms in total. The summed E-state index contributed by atoms with van der Waals surface area (Å²) in [6, 6.07) is 9.94. The Balaban J connectivity index is 1.39. The molecule has 0 spiro atoms. The number of benzene rings is 1. The predicted molar refractivity (Wildman–Crippen MR) is 122 cm³/mol. The second-order valence-corrected chi connectivity index (χ2v) is 8.79. The van der Waals surface area contributed by atoms with Gasteiger partial charge < -0.3 is 19.8 Å². The average molecular weight is 430 g/mol. The van der Waals surface area contributed by atoms with E-state index in [9.17, 15) is 0 Å². The maximum absolute atomic E-state index is 5.64. The molecule has 0 bridgehead atoms. The summed E-state index contributed by atoms with van der Waals surface area (Å²) in [6.45, 7) is 7.95. The first-order valence-corrected chi connectivity index (χ1v) is 11.9. The molecule has 1 unspecified atom stereocenters. The summed E-state index contributed by atoms with van der Waals surface area (Å²) in [5.74, 6) is 3.83. The van der Waals surface area contributed by atoms with Crippen molar-refractivity contribution in [2.45, 2.75) is 25.4 Å². The summed E-state index contributed by atoms with van der Waals surface area (Å²) in [5.41, 5.74) is 1.98. The summed E-state index contributed by atoms with van der Waals surface area (Å²) >= 11 is 2.05. The first kappa shape index (κ1) is 21.2. The largest absolute Gasteiger partial charge is 0.444 e. The third kappa shape index (κ3) is 5.17. The molecule has 3 heterocycles. The molecule has 1 aromatic heterocycles. The van der Waals surface area contributed by atoms with Gasteiger partial charge in [-0.25, -0.2) is 9.98 Å². The molecule has 0 radical (unpaired) electrons. The van der Waals surface area contributed by atoms with Crippen molar-refractivity contribution in [3.8, 4) is 11.5 Å². The number of hydrogen-bond acceptors (Lipinski definition) is 6. The molecular weight excluding hydrogens is 398 g/mol. The fraction of sp³-hybridized carbons (Fsp3) is 0.545. The Labute approximate surface area is 182 Å². The van der Waals surface area contributed by atoms with Gasteiger partial charge in [0, 0.05) is 43.0 Å². The van der Waals surface area contributed by atoms with E-state index in [0.717, 1.165) is 62.4 Å². The standard InChI is InChI=1S/C22H31N5O2S/c1-2-23-21(24-14-19-15-29-20(26-19)18-6-4-3-5-7-18)25-16-22(8-13-30-17-22)27-9-11-28-12-10-27/h3-7,15H,2,8-14,16-17H2,1H3,(H2,23,24,25). The van der Waals surface area contributed by atoms with Gasteiger partial charge in [-0.15, -0.1) is 0 Å². The monoisotopic (exact) mass is 429 g/mol. The van der Waals surface area contributed by atoms with Crippen molar-refractivity contribution >= 4 is 17.7 Å². The highest BCUT2D eigenvalue weighted by atomic mass is 32.2. The second-order valence-electron chi connectivity index (χ2n) is 7.69. The van der Waals surface area contributed by atoms with Crippen LogP contribution in [0.3, 0.4) is 0 Å². The lowest BCUT2D eigenvalue weighted by Gasteiger charge is -2.43. The molecule has 8 heteroatoms. The van der Waals surface area contributed by atoms with E-state index in [1.807, 2.05) is 42.1 Å². The van der Waals surface area contributed by atoms with Gasteiger partial charge in [0.2, 0.25) is 5.89 Å². The molecule has 30 heavy (non-hydrogen) atoms. The summed E-state index contributed by atoms with van der Waals surface area (Å²) < 4.78 is 11.2. The van der Waals surface area contributed by atoms with Crippen molar-refractivity contribution < 1.29 is 9.15 Å². The molecule has 1 atom stereocenters. The van der Waals surface area contributed by atoms with Crippen molar-refractivity contribution in [3.05, 3.63) is 42.3 Å². The number of oxazole rings is 1. The third-order valence-corrected chi connectivity index (χ3v) is 6.90. The number of nitrogens with one attached hydrogen (secondary N) is 2. The maximum atomic E-state index is 5.64. The van der Waals surface area contributed by atoms with Gasteiger partial charge in [0.15, 0.2) is 5.96 Å². The zero-order chi connectivity index (χ0) is 20.7. The van der Waals surface area contributed by atoms with Crippen LogP contribution in [0.25, 0.3) is 11.5 Å². The number of morpholine rings is 1. The van der Waals surface area contributed by atoms with E-state index in [2.05, 4.69) is 27.4 Å². The highest BCUT2D eigenvalue weighted by molar-refractivity contribution is 7.99. The number of thioether (sulfide) groups is 1. The van der Waals surface area contributed by atoms with E-state index >= 15 is 0 Å². The predicted octanol–water partition coefficient (Wildman–Crippen LogP) is 2.60.